The van der Waals surface area contributed by atoms with Crippen molar-refractivity contribution >= 4 is 49.2 Å². The van der Waals surface area contributed by atoms with E-state index >= 15 is 0 Å². The molecule has 0 fully saturated rings. The van der Waals surface area contributed by atoms with E-state index in [9.17, 15) is 4.79 Å². The van der Waals surface area contributed by atoms with E-state index in [1.165, 1.54) is 0 Å². The number of carbonyl (C=O) groups excluding carboxylic acids is 1. The van der Waals surface area contributed by atoms with E-state index in [-0.39, 0.29) is 5.78 Å². The van der Waals surface area contributed by atoms with E-state index < -0.39 is 0 Å². The second-order valence-electron chi connectivity index (χ2n) is 2.80. The molecule has 0 aliphatic carbocycles. The summed E-state index contributed by atoms with van der Waals surface area (Å²) >= 11 is 12.4. The zero-order valence-corrected chi connectivity index (χ0v) is 11.3. The molecule has 4 heteroatoms. The van der Waals surface area contributed by atoms with Crippen LogP contribution in [0.3, 0.4) is 0 Å². The van der Waals surface area contributed by atoms with Crippen molar-refractivity contribution in [3.05, 3.63) is 34.3 Å². The van der Waals surface area contributed by atoms with Crippen molar-refractivity contribution in [3.63, 3.8) is 0 Å². The largest absolute Gasteiger partial charge is 0.294 e. The third-order valence-electron chi connectivity index (χ3n) is 1.83. The quantitative estimate of drug-likeness (QED) is 0.593. The van der Waals surface area contributed by atoms with E-state index in [1.54, 1.807) is 12.1 Å². The van der Waals surface area contributed by atoms with Crippen molar-refractivity contribution in [3.8, 4) is 0 Å². The number of halogens is 3. The lowest BCUT2D eigenvalue weighted by molar-refractivity contribution is 0.0989. The Morgan fingerprint density at radius 2 is 2.07 bits per heavy atom. The Balaban J connectivity index is 3.01. The summed E-state index contributed by atoms with van der Waals surface area (Å²) in [4.78, 5) is 11.6. The van der Waals surface area contributed by atoms with Crippen LogP contribution in [0.5, 0.6) is 0 Å². The molecule has 0 bridgehead atoms. The van der Waals surface area contributed by atoms with Gasteiger partial charge >= 0.3 is 0 Å². The van der Waals surface area contributed by atoms with Crippen LogP contribution in [0.1, 0.15) is 22.3 Å². The van der Waals surface area contributed by atoms with E-state index in [2.05, 4.69) is 31.9 Å². The minimum Gasteiger partial charge on any atom is -0.294 e. The number of carbonyl (C=O) groups is 1. The number of benzene rings is 1. The van der Waals surface area contributed by atoms with Crippen LogP contribution < -0.4 is 0 Å². The predicted octanol–water partition coefficient (Wildman–Crippen LogP) is 4.20. The molecule has 1 aromatic carbocycles. The molecule has 1 rings (SSSR count). The Morgan fingerprint density at radius 1 is 1.36 bits per heavy atom. The second kappa shape index (κ2) is 5.89. The lowest BCUT2D eigenvalue weighted by atomic mass is 10.0. The fraction of sp³-hybridized carbons (Fsp3) is 0.300. The maximum absolute atomic E-state index is 11.6. The van der Waals surface area contributed by atoms with Gasteiger partial charge < -0.3 is 0 Å². The van der Waals surface area contributed by atoms with Gasteiger partial charge in [0.2, 0.25) is 0 Å². The van der Waals surface area contributed by atoms with E-state index in [0.29, 0.717) is 22.1 Å². The summed E-state index contributed by atoms with van der Waals surface area (Å²) in [5.74, 6) is 0.146. The molecule has 0 saturated carbocycles. The molecular formula is C10H9Br2ClO. The highest BCUT2D eigenvalue weighted by Crippen LogP contribution is 2.20. The van der Waals surface area contributed by atoms with Crippen molar-refractivity contribution < 1.29 is 4.79 Å². The number of rotatable bonds is 4. The van der Waals surface area contributed by atoms with Crippen LogP contribution in [0.25, 0.3) is 0 Å². The van der Waals surface area contributed by atoms with Gasteiger partial charge in [-0.05, 0) is 23.8 Å². The first kappa shape index (κ1) is 12.2. The van der Waals surface area contributed by atoms with Gasteiger partial charge in [0.1, 0.15) is 0 Å². The number of Topliss-reactive ketones (excluding diaryl/α,β-unsaturated/α-hetero) is 1. The minimum absolute atomic E-state index is 0.146. The third kappa shape index (κ3) is 3.07. The molecule has 76 valence electrons. The molecule has 0 aliphatic heterocycles. The first-order valence-corrected chi connectivity index (χ1v) is 6.74. The van der Waals surface area contributed by atoms with Gasteiger partial charge in [0.25, 0.3) is 0 Å². The maximum Gasteiger partial charge on any atom is 0.164 e. The van der Waals surface area contributed by atoms with E-state index in [1.807, 2.05) is 6.07 Å². The summed E-state index contributed by atoms with van der Waals surface area (Å²) in [7, 11) is 0. The van der Waals surface area contributed by atoms with Crippen LogP contribution in [-0.2, 0) is 5.33 Å². The number of hydrogen-bond donors (Lipinski definition) is 0. The van der Waals surface area contributed by atoms with E-state index in [0.717, 1.165) is 11.1 Å². The molecule has 0 unspecified atom stereocenters. The normalized spacial score (nSPS) is 10.2. The fourth-order valence-electron chi connectivity index (χ4n) is 1.17. The van der Waals surface area contributed by atoms with Crippen molar-refractivity contribution in [2.24, 2.45) is 0 Å². The number of ketones is 1. The Labute approximate surface area is 105 Å². The third-order valence-corrected chi connectivity index (χ3v) is 3.07. The molecule has 0 saturated heterocycles. The highest BCUT2D eigenvalue weighted by Gasteiger charge is 2.10. The lowest BCUT2D eigenvalue weighted by Gasteiger charge is -2.05. The van der Waals surface area contributed by atoms with Gasteiger partial charge in [0.05, 0.1) is 0 Å². The van der Waals surface area contributed by atoms with Gasteiger partial charge in [-0.15, -0.1) is 0 Å². The SMILES string of the molecule is O=C(CCBr)c1ccc(Cl)cc1CBr. The minimum atomic E-state index is 0.146. The van der Waals surface area contributed by atoms with Crippen LogP contribution in [0.2, 0.25) is 5.02 Å². The van der Waals surface area contributed by atoms with Gasteiger partial charge in [-0.3, -0.25) is 4.79 Å². The first-order chi connectivity index (χ1) is 6.69. The van der Waals surface area contributed by atoms with Gasteiger partial charge in [0.15, 0.2) is 5.78 Å². The molecule has 0 atom stereocenters. The number of hydrogen-bond acceptors (Lipinski definition) is 1. The molecule has 0 aliphatic rings. The maximum atomic E-state index is 11.6. The van der Waals surface area contributed by atoms with Gasteiger partial charge in [-0.2, -0.15) is 0 Å². The highest BCUT2D eigenvalue weighted by atomic mass is 79.9. The summed E-state index contributed by atoms with van der Waals surface area (Å²) in [5.41, 5.74) is 1.70. The second-order valence-corrected chi connectivity index (χ2v) is 4.59. The zero-order valence-electron chi connectivity index (χ0n) is 7.40. The molecule has 0 N–H and O–H groups in total. The summed E-state index contributed by atoms with van der Waals surface area (Å²) in [5, 5.41) is 2.00. The molecule has 14 heavy (non-hydrogen) atoms. The average molecular weight is 340 g/mol. The van der Waals surface area contributed by atoms with Crippen molar-refractivity contribution in [1.29, 1.82) is 0 Å². The van der Waals surface area contributed by atoms with Crippen LogP contribution in [0.15, 0.2) is 18.2 Å². The predicted molar refractivity (Wildman–Crippen MR) is 66.8 cm³/mol. The smallest absolute Gasteiger partial charge is 0.164 e. The molecule has 0 amide bonds. The van der Waals surface area contributed by atoms with Gasteiger partial charge in [-0.1, -0.05) is 43.5 Å². The van der Waals surface area contributed by atoms with Crippen molar-refractivity contribution in [2.75, 3.05) is 5.33 Å². The van der Waals surface area contributed by atoms with Crippen LogP contribution in [0.4, 0.5) is 0 Å². The average Bonchev–Trinajstić information content (AvgIpc) is 2.17. The molecule has 0 spiro atoms. The Kier molecular flexibility index (Phi) is 5.13. The zero-order chi connectivity index (χ0) is 10.6. The topological polar surface area (TPSA) is 17.1 Å². The first-order valence-electron chi connectivity index (χ1n) is 4.12. The Morgan fingerprint density at radius 3 is 2.64 bits per heavy atom. The Hall–Kier alpha value is 0.140. The molecule has 0 heterocycles. The van der Waals surface area contributed by atoms with Crippen molar-refractivity contribution in [2.45, 2.75) is 11.8 Å². The molecular weight excluding hydrogens is 331 g/mol. The molecule has 1 nitrogen and oxygen atoms in total. The summed E-state index contributed by atoms with van der Waals surface area (Å²) in [6.45, 7) is 0. The summed E-state index contributed by atoms with van der Waals surface area (Å²) in [6, 6.07) is 5.34. The lowest BCUT2D eigenvalue weighted by Crippen LogP contribution is -2.03. The van der Waals surface area contributed by atoms with Crippen LogP contribution >= 0.6 is 43.5 Å². The molecule has 0 aromatic heterocycles. The van der Waals surface area contributed by atoms with Gasteiger partial charge in [-0.25, -0.2) is 0 Å². The summed E-state index contributed by atoms with van der Waals surface area (Å²) in [6.07, 6.45) is 0.516. The van der Waals surface area contributed by atoms with Crippen LogP contribution in [0, 0.1) is 0 Å². The Bertz CT molecular complexity index is 339. The number of alkyl halides is 2. The van der Waals surface area contributed by atoms with E-state index in [4.69, 9.17) is 11.6 Å². The molecule has 0 radical (unpaired) electrons. The summed E-state index contributed by atoms with van der Waals surface area (Å²) < 4.78 is 0. The van der Waals surface area contributed by atoms with Crippen LogP contribution in [-0.4, -0.2) is 11.1 Å². The monoisotopic (exact) mass is 338 g/mol. The highest BCUT2D eigenvalue weighted by molar-refractivity contribution is 9.09. The molecule has 1 aromatic rings. The van der Waals surface area contributed by atoms with Crippen molar-refractivity contribution in [1.82, 2.24) is 0 Å². The standard InChI is InChI=1S/C10H9Br2ClO/c11-4-3-10(14)9-2-1-8(13)5-7(9)6-12/h1-2,5H,3-4,6H2. The van der Waals surface area contributed by atoms with Gasteiger partial charge in [0, 0.05) is 27.7 Å². The fourth-order valence-corrected chi connectivity index (χ4v) is 2.18.